The van der Waals surface area contributed by atoms with Gasteiger partial charge in [-0.25, -0.2) is 4.98 Å². The zero-order valence-corrected chi connectivity index (χ0v) is 16.8. The highest BCUT2D eigenvalue weighted by molar-refractivity contribution is 7.17. The second-order valence-electron chi connectivity index (χ2n) is 7.26. The van der Waals surface area contributed by atoms with Crippen LogP contribution in [0.2, 0.25) is 0 Å². The second-order valence-corrected chi connectivity index (χ2v) is 8.14. The fourth-order valence-corrected chi connectivity index (χ4v) is 4.40. The minimum Gasteiger partial charge on any atom is -0.389 e. The van der Waals surface area contributed by atoms with Gasteiger partial charge in [-0.15, -0.1) is 11.3 Å². The van der Waals surface area contributed by atoms with Gasteiger partial charge in [-0.2, -0.15) is 0 Å². The normalized spacial score (nSPS) is 19.7. The van der Waals surface area contributed by atoms with Crippen molar-refractivity contribution in [2.45, 2.75) is 38.8 Å². The van der Waals surface area contributed by atoms with Crippen molar-refractivity contribution in [1.29, 1.82) is 0 Å². The highest BCUT2D eigenvalue weighted by Gasteiger charge is 2.26. The van der Waals surface area contributed by atoms with Crippen LogP contribution in [0.3, 0.4) is 0 Å². The van der Waals surface area contributed by atoms with Gasteiger partial charge in [0.25, 0.3) is 5.91 Å². The van der Waals surface area contributed by atoms with E-state index in [4.69, 9.17) is 4.74 Å². The Morgan fingerprint density at radius 1 is 1.39 bits per heavy atom. The number of aryl methyl sites for hydroxylation is 2. The molecule has 1 aliphatic heterocycles. The Bertz CT molecular complexity index is 1000. The summed E-state index contributed by atoms with van der Waals surface area (Å²) in [6.07, 6.45) is 2.46. The molecule has 0 aromatic carbocycles. The molecule has 2 N–H and O–H groups in total. The summed E-state index contributed by atoms with van der Waals surface area (Å²) in [7, 11) is 0. The van der Waals surface area contributed by atoms with Crippen molar-refractivity contribution < 1.29 is 14.6 Å². The molecule has 4 rings (SSSR count). The van der Waals surface area contributed by atoms with Gasteiger partial charge in [-0.3, -0.25) is 9.78 Å². The fraction of sp³-hybridized carbons (Fsp3) is 0.381. The molecular weight excluding hydrogens is 374 g/mol. The molecule has 0 bridgehead atoms. The number of fused-ring (bicyclic) bond motifs is 1. The largest absolute Gasteiger partial charge is 0.389 e. The maximum atomic E-state index is 12.9. The number of nitrogens with zero attached hydrogens (tertiary/aromatic N) is 2. The van der Waals surface area contributed by atoms with E-state index in [1.165, 1.54) is 0 Å². The molecule has 0 radical (unpaired) electrons. The molecule has 0 unspecified atom stereocenters. The van der Waals surface area contributed by atoms with E-state index in [9.17, 15) is 9.90 Å². The maximum Gasteiger partial charge on any atom is 0.270 e. The van der Waals surface area contributed by atoms with E-state index >= 15 is 0 Å². The molecule has 2 atom stereocenters. The monoisotopic (exact) mass is 397 g/mol. The van der Waals surface area contributed by atoms with E-state index in [1.54, 1.807) is 11.3 Å². The average Bonchev–Trinajstić information content (AvgIpc) is 3.07. The van der Waals surface area contributed by atoms with Crippen LogP contribution in [0, 0.1) is 13.8 Å². The lowest BCUT2D eigenvalue weighted by atomic mass is 10.0. The van der Waals surface area contributed by atoms with E-state index in [0.29, 0.717) is 25.1 Å². The third-order valence-corrected chi connectivity index (χ3v) is 6.18. The van der Waals surface area contributed by atoms with Crippen LogP contribution in [0.5, 0.6) is 0 Å². The number of aliphatic hydroxyl groups excluding tert-OH is 1. The second kappa shape index (κ2) is 7.95. The number of rotatable bonds is 4. The van der Waals surface area contributed by atoms with Gasteiger partial charge < -0.3 is 15.2 Å². The first-order chi connectivity index (χ1) is 13.5. The topological polar surface area (TPSA) is 84.3 Å². The molecule has 0 spiro atoms. The van der Waals surface area contributed by atoms with E-state index in [-0.39, 0.29) is 18.6 Å². The zero-order valence-electron chi connectivity index (χ0n) is 15.9. The number of hydrogen-bond donors (Lipinski definition) is 2. The summed E-state index contributed by atoms with van der Waals surface area (Å²) < 4.78 is 6.33. The van der Waals surface area contributed by atoms with Crippen LogP contribution in [0.1, 0.15) is 39.3 Å². The molecule has 3 aromatic rings. The van der Waals surface area contributed by atoms with Gasteiger partial charge in [0.2, 0.25) is 0 Å². The Hall–Kier alpha value is -2.35. The number of thiophene rings is 1. The summed E-state index contributed by atoms with van der Waals surface area (Å²) >= 11 is 1.65. The first-order valence-corrected chi connectivity index (χ1v) is 10.2. The van der Waals surface area contributed by atoms with Crippen LogP contribution in [0.4, 0.5) is 0 Å². The zero-order chi connectivity index (χ0) is 19.7. The van der Waals surface area contributed by atoms with Gasteiger partial charge in [0.05, 0.1) is 29.0 Å². The van der Waals surface area contributed by atoms with Gasteiger partial charge in [-0.05, 0) is 54.5 Å². The van der Waals surface area contributed by atoms with Crippen molar-refractivity contribution in [3.63, 3.8) is 0 Å². The minimum absolute atomic E-state index is 0.243. The van der Waals surface area contributed by atoms with Crippen molar-refractivity contribution in [2.75, 3.05) is 13.2 Å². The third-order valence-electron chi connectivity index (χ3n) is 5.02. The highest BCUT2D eigenvalue weighted by Crippen LogP contribution is 2.29. The third kappa shape index (κ3) is 3.92. The predicted octanol–water partition coefficient (Wildman–Crippen LogP) is 2.78. The van der Waals surface area contributed by atoms with Crippen LogP contribution in [0.25, 0.3) is 10.2 Å². The lowest BCUT2D eigenvalue weighted by Crippen LogP contribution is -2.48. The molecule has 146 valence electrons. The molecule has 0 saturated carbocycles. The Morgan fingerprint density at radius 3 is 3.00 bits per heavy atom. The van der Waals surface area contributed by atoms with E-state index in [1.807, 2.05) is 32.2 Å². The smallest absolute Gasteiger partial charge is 0.270 e. The molecule has 4 heterocycles. The van der Waals surface area contributed by atoms with Crippen molar-refractivity contribution in [3.05, 3.63) is 57.9 Å². The Balaban J connectivity index is 1.65. The molecule has 1 saturated heterocycles. The van der Waals surface area contributed by atoms with Crippen molar-refractivity contribution in [3.8, 4) is 0 Å². The van der Waals surface area contributed by atoms with Crippen molar-refractivity contribution >= 4 is 27.5 Å². The summed E-state index contributed by atoms with van der Waals surface area (Å²) in [5.41, 5.74) is 5.43. The molecule has 6 nitrogen and oxygen atoms in total. The van der Waals surface area contributed by atoms with Gasteiger partial charge in [0.1, 0.15) is 5.69 Å². The quantitative estimate of drug-likeness (QED) is 0.707. The maximum absolute atomic E-state index is 12.9. The van der Waals surface area contributed by atoms with Gasteiger partial charge >= 0.3 is 0 Å². The van der Waals surface area contributed by atoms with Crippen LogP contribution in [0.15, 0.2) is 29.8 Å². The average molecular weight is 398 g/mol. The van der Waals surface area contributed by atoms with Crippen molar-refractivity contribution in [2.24, 2.45) is 0 Å². The van der Waals surface area contributed by atoms with Crippen LogP contribution in [-0.4, -0.2) is 46.3 Å². The summed E-state index contributed by atoms with van der Waals surface area (Å²) in [5, 5.41) is 15.0. The summed E-state index contributed by atoms with van der Waals surface area (Å²) in [6, 6.07) is 5.60. The lowest BCUT2D eigenvalue weighted by molar-refractivity contribution is -0.0261. The van der Waals surface area contributed by atoms with Crippen LogP contribution < -0.4 is 5.32 Å². The number of ether oxygens (including phenoxy) is 1. The summed E-state index contributed by atoms with van der Waals surface area (Å²) in [4.78, 5) is 21.8. The molecule has 0 aliphatic carbocycles. The number of amides is 1. The Kier molecular flexibility index (Phi) is 5.39. The fourth-order valence-electron chi connectivity index (χ4n) is 3.39. The number of aromatic nitrogens is 2. The molecule has 1 fully saturated rings. The molecule has 7 heteroatoms. The predicted molar refractivity (Wildman–Crippen MR) is 109 cm³/mol. The molecule has 1 aliphatic rings. The standard InChI is InChI=1S/C21H23N3O3S/c1-12-11-28-20-15(7-14-4-3-13(2)22-9-14)8-17(23-19(12)20)21(26)24-16-5-6-27-10-18(16)25/h3-4,8-9,11,16,18,25H,5-7,10H2,1-2H3,(H,24,26)/t16-,18-/m1/s1. The first-order valence-electron chi connectivity index (χ1n) is 9.37. The van der Waals surface area contributed by atoms with Crippen molar-refractivity contribution in [1.82, 2.24) is 15.3 Å². The highest BCUT2D eigenvalue weighted by atomic mass is 32.1. The number of nitrogens with one attached hydrogen (secondary N) is 1. The number of carbonyl (C=O) groups excluding carboxylic acids is 1. The molecule has 28 heavy (non-hydrogen) atoms. The molecule has 1 amide bonds. The molecular formula is C21H23N3O3S. The number of carbonyl (C=O) groups is 1. The van der Waals surface area contributed by atoms with Gasteiger partial charge in [0.15, 0.2) is 0 Å². The number of aliphatic hydroxyl groups is 1. The van der Waals surface area contributed by atoms with Gasteiger partial charge in [0, 0.05) is 24.9 Å². The van der Waals surface area contributed by atoms with E-state index < -0.39 is 6.10 Å². The number of hydrogen-bond acceptors (Lipinski definition) is 6. The minimum atomic E-state index is -0.692. The van der Waals surface area contributed by atoms with Gasteiger partial charge in [-0.1, -0.05) is 6.07 Å². The van der Waals surface area contributed by atoms with E-state index in [2.05, 4.69) is 26.7 Å². The van der Waals surface area contributed by atoms with E-state index in [0.717, 1.165) is 32.6 Å². The molecule has 3 aromatic heterocycles. The number of pyridine rings is 2. The Labute approximate surface area is 167 Å². The lowest BCUT2D eigenvalue weighted by Gasteiger charge is -2.28. The Morgan fingerprint density at radius 2 is 2.25 bits per heavy atom. The summed E-state index contributed by atoms with van der Waals surface area (Å²) in [5.74, 6) is -0.262. The van der Waals surface area contributed by atoms with Crippen LogP contribution >= 0.6 is 11.3 Å². The SMILES string of the molecule is Cc1ccc(Cc2cc(C(=O)N[C@@H]3CCOC[C@H]3O)nc3c(C)csc23)cn1. The first kappa shape index (κ1) is 19.0. The van der Waals surface area contributed by atoms with Crippen LogP contribution in [-0.2, 0) is 11.2 Å². The summed E-state index contributed by atoms with van der Waals surface area (Å²) in [6.45, 7) is 4.74.